The lowest BCUT2D eigenvalue weighted by molar-refractivity contribution is -0.138. The number of hydrogen-bond acceptors (Lipinski definition) is 3. The van der Waals surface area contributed by atoms with Crippen LogP contribution in [0.25, 0.3) is 0 Å². The van der Waals surface area contributed by atoms with E-state index in [2.05, 4.69) is 5.32 Å². The maximum absolute atomic E-state index is 10.6. The van der Waals surface area contributed by atoms with Crippen molar-refractivity contribution < 1.29 is 9.90 Å². The third-order valence-corrected chi connectivity index (χ3v) is 4.72. The molecule has 0 radical (unpaired) electrons. The number of rotatable bonds is 3. The van der Waals surface area contributed by atoms with Gasteiger partial charge in [0.25, 0.3) is 0 Å². The number of halogens is 3. The summed E-state index contributed by atoms with van der Waals surface area (Å²) >= 11 is 23.6. The van der Waals surface area contributed by atoms with E-state index in [4.69, 9.17) is 52.1 Å². The van der Waals surface area contributed by atoms with Gasteiger partial charge in [0.05, 0.1) is 14.9 Å². The summed E-state index contributed by atoms with van der Waals surface area (Å²) < 4.78 is 0.328. The molecule has 0 amide bonds. The van der Waals surface area contributed by atoms with Crippen LogP contribution in [0.4, 0.5) is 0 Å². The van der Waals surface area contributed by atoms with Gasteiger partial charge in [-0.1, -0.05) is 47.0 Å². The van der Waals surface area contributed by atoms with Gasteiger partial charge in [-0.2, -0.15) is 0 Å². The second kappa shape index (κ2) is 5.51. The van der Waals surface area contributed by atoms with Crippen LogP contribution < -0.4 is 5.32 Å². The summed E-state index contributed by atoms with van der Waals surface area (Å²) in [6, 6.07) is -0.803. The summed E-state index contributed by atoms with van der Waals surface area (Å²) in [5, 5.41) is 11.8. The van der Waals surface area contributed by atoms with Gasteiger partial charge in [0.2, 0.25) is 0 Å². The number of nitrogens with one attached hydrogen (secondary N) is 1. The van der Waals surface area contributed by atoms with E-state index in [1.807, 2.05) is 0 Å². The van der Waals surface area contributed by atoms with Gasteiger partial charge in [-0.25, -0.2) is 0 Å². The predicted octanol–water partition coefficient (Wildman–Crippen LogP) is 3.45. The van der Waals surface area contributed by atoms with Crippen molar-refractivity contribution in [1.82, 2.24) is 5.32 Å². The first-order valence-corrected chi connectivity index (χ1v) is 6.37. The molecule has 0 spiro atoms. The highest BCUT2D eigenvalue weighted by Crippen LogP contribution is 2.40. The van der Waals surface area contributed by atoms with Crippen molar-refractivity contribution >= 4 is 69.3 Å². The van der Waals surface area contributed by atoms with Crippen LogP contribution in [0.5, 0.6) is 0 Å². The molecular formula is C8H6Cl3NO2S2. The Balaban J connectivity index is 2.89. The van der Waals surface area contributed by atoms with Crippen LogP contribution >= 0.6 is 58.4 Å². The molecule has 1 aromatic rings. The maximum Gasteiger partial charge on any atom is 0.325 e. The monoisotopic (exact) mass is 317 g/mol. The van der Waals surface area contributed by atoms with Gasteiger partial charge in [-0.05, 0) is 6.92 Å². The molecular weight excluding hydrogens is 313 g/mol. The van der Waals surface area contributed by atoms with E-state index in [1.54, 1.807) is 0 Å². The van der Waals surface area contributed by atoms with Crippen molar-refractivity contribution in [2.24, 2.45) is 0 Å². The van der Waals surface area contributed by atoms with Gasteiger partial charge >= 0.3 is 5.97 Å². The minimum Gasteiger partial charge on any atom is -0.480 e. The van der Waals surface area contributed by atoms with E-state index in [9.17, 15) is 4.79 Å². The van der Waals surface area contributed by atoms with Crippen LogP contribution in [0.1, 0.15) is 11.8 Å². The van der Waals surface area contributed by atoms with Crippen LogP contribution in [0.15, 0.2) is 0 Å². The molecule has 0 saturated heterocycles. The summed E-state index contributed by atoms with van der Waals surface area (Å²) in [4.78, 5) is 11.3. The Kier molecular flexibility index (Phi) is 4.82. The molecule has 0 unspecified atom stereocenters. The number of carboxylic acid groups (broad SMARTS) is 1. The molecule has 8 heteroatoms. The molecule has 0 aliphatic carbocycles. The van der Waals surface area contributed by atoms with E-state index < -0.39 is 12.0 Å². The van der Waals surface area contributed by atoms with Gasteiger partial charge < -0.3 is 10.4 Å². The number of thiophene rings is 1. The lowest BCUT2D eigenvalue weighted by Crippen LogP contribution is -2.37. The molecule has 0 bridgehead atoms. The smallest absolute Gasteiger partial charge is 0.325 e. The first-order valence-electron chi connectivity index (χ1n) is 4.01. The molecule has 1 atom stereocenters. The lowest BCUT2D eigenvalue weighted by Gasteiger charge is -2.10. The van der Waals surface area contributed by atoms with Gasteiger partial charge in [-0.15, -0.1) is 11.3 Å². The van der Waals surface area contributed by atoms with E-state index in [0.29, 0.717) is 9.21 Å². The minimum absolute atomic E-state index is 0.221. The Bertz CT molecular complexity index is 447. The van der Waals surface area contributed by atoms with E-state index >= 15 is 0 Å². The fourth-order valence-electron chi connectivity index (χ4n) is 0.835. The molecule has 1 aromatic heterocycles. The third kappa shape index (κ3) is 2.99. The first-order chi connectivity index (χ1) is 7.34. The molecule has 2 N–H and O–H groups in total. The highest BCUT2D eigenvalue weighted by molar-refractivity contribution is 7.81. The zero-order chi connectivity index (χ0) is 12.5. The molecule has 0 aliphatic rings. The van der Waals surface area contributed by atoms with Crippen LogP contribution in [0, 0.1) is 0 Å². The second-order valence-electron chi connectivity index (χ2n) is 2.87. The van der Waals surface area contributed by atoms with Crippen molar-refractivity contribution in [3.05, 3.63) is 19.3 Å². The third-order valence-electron chi connectivity index (χ3n) is 1.68. The molecule has 0 aliphatic heterocycles. The Morgan fingerprint density at radius 1 is 1.44 bits per heavy atom. The Labute approximate surface area is 116 Å². The number of aliphatic carboxylic acids is 1. The lowest BCUT2D eigenvalue weighted by atomic mass is 10.3. The average molecular weight is 319 g/mol. The predicted molar refractivity (Wildman–Crippen MR) is 71.3 cm³/mol. The Hall–Kier alpha value is -0.0700. The average Bonchev–Trinajstić information content (AvgIpc) is 2.45. The van der Waals surface area contributed by atoms with Gasteiger partial charge in [0, 0.05) is 0 Å². The standard InChI is InChI=1S/C8H6Cl3NO2S2/c1-2(8(13)14)12-7(15)5-3(9)4(10)6(11)16-5/h2H,1H3,(H,12,15)(H,13,14)/t2-/m0/s1. The van der Waals surface area contributed by atoms with Crippen LogP contribution in [0.2, 0.25) is 14.4 Å². The summed E-state index contributed by atoms with van der Waals surface area (Å²) in [7, 11) is 0. The first kappa shape index (κ1) is 14.0. The van der Waals surface area contributed by atoms with Gasteiger partial charge in [0.1, 0.15) is 15.4 Å². The zero-order valence-electron chi connectivity index (χ0n) is 7.88. The van der Waals surface area contributed by atoms with Crippen LogP contribution in [-0.4, -0.2) is 22.1 Å². The molecule has 0 fully saturated rings. The van der Waals surface area contributed by atoms with Crippen LogP contribution in [-0.2, 0) is 4.79 Å². The summed E-state index contributed by atoms with van der Waals surface area (Å²) in [5.41, 5.74) is 0. The number of carbonyl (C=O) groups is 1. The molecule has 0 aromatic carbocycles. The Morgan fingerprint density at radius 2 is 2.00 bits per heavy atom. The van der Waals surface area contributed by atoms with Crippen LogP contribution in [0.3, 0.4) is 0 Å². The zero-order valence-corrected chi connectivity index (χ0v) is 11.8. The summed E-state index contributed by atoms with van der Waals surface area (Å²) in [6.07, 6.45) is 0. The Morgan fingerprint density at radius 3 is 2.38 bits per heavy atom. The molecule has 16 heavy (non-hydrogen) atoms. The highest BCUT2D eigenvalue weighted by Gasteiger charge is 2.20. The van der Waals surface area contributed by atoms with Crippen molar-refractivity contribution in [2.45, 2.75) is 13.0 Å². The quantitative estimate of drug-likeness (QED) is 0.838. The SMILES string of the molecule is C[C@H](NC(=S)c1sc(Cl)c(Cl)c1Cl)C(=O)O. The van der Waals surface area contributed by atoms with Crippen molar-refractivity contribution in [1.29, 1.82) is 0 Å². The topological polar surface area (TPSA) is 49.3 Å². The molecule has 0 saturated carbocycles. The second-order valence-corrected chi connectivity index (χ2v) is 5.65. The van der Waals surface area contributed by atoms with E-state index in [-0.39, 0.29) is 15.0 Å². The highest BCUT2D eigenvalue weighted by atomic mass is 35.5. The van der Waals surface area contributed by atoms with Gasteiger partial charge in [0.15, 0.2) is 0 Å². The van der Waals surface area contributed by atoms with E-state index in [0.717, 1.165) is 11.3 Å². The summed E-state index contributed by atoms with van der Waals surface area (Å²) in [5.74, 6) is -1.01. The molecule has 1 rings (SSSR count). The minimum atomic E-state index is -1.01. The number of carboxylic acids is 1. The fourth-order valence-corrected chi connectivity index (χ4v) is 3.01. The number of thiocarbonyl (C=S) groups is 1. The van der Waals surface area contributed by atoms with Gasteiger partial charge in [-0.3, -0.25) is 4.79 Å². The molecule has 88 valence electrons. The largest absolute Gasteiger partial charge is 0.480 e. The maximum atomic E-state index is 10.6. The van der Waals surface area contributed by atoms with Crippen molar-refractivity contribution in [2.75, 3.05) is 0 Å². The summed E-state index contributed by atoms with van der Waals surface area (Å²) in [6.45, 7) is 1.47. The van der Waals surface area contributed by atoms with E-state index in [1.165, 1.54) is 6.92 Å². The fraction of sp³-hybridized carbons (Fsp3) is 0.250. The van der Waals surface area contributed by atoms with Crippen molar-refractivity contribution in [3.63, 3.8) is 0 Å². The molecule has 1 heterocycles. The number of hydrogen-bond donors (Lipinski definition) is 2. The molecule has 3 nitrogen and oxygen atoms in total. The normalized spacial score (nSPS) is 12.2. The van der Waals surface area contributed by atoms with Crippen molar-refractivity contribution in [3.8, 4) is 0 Å².